The topological polar surface area (TPSA) is 78.9 Å². The second-order valence-corrected chi connectivity index (χ2v) is 21.0. The summed E-state index contributed by atoms with van der Waals surface area (Å²) >= 11 is 0. The largest absolute Gasteiger partial charge is 0.462 e. The standard InChI is InChI=1S/C61H118O6/c1-4-7-10-13-16-18-20-22-24-25-26-27-28-29-30-31-32-33-34-35-36-37-38-40-41-43-45-48-51-54-60(63)66-57-58(56-65-59(62)53-50-47-15-12-9-6-3)67-61(64)55-52-49-46-44-42-39-23-21-19-17-14-11-8-5-2/h58H,4-57H2,1-3H3. The predicted molar refractivity (Wildman–Crippen MR) is 289 cm³/mol. The average Bonchev–Trinajstić information content (AvgIpc) is 3.33. The summed E-state index contributed by atoms with van der Waals surface area (Å²) in [5, 5.41) is 0. The van der Waals surface area contributed by atoms with Crippen molar-refractivity contribution in [3.63, 3.8) is 0 Å². The Morgan fingerprint density at radius 3 is 0.597 bits per heavy atom. The molecule has 0 aliphatic rings. The molecule has 398 valence electrons. The van der Waals surface area contributed by atoms with Crippen LogP contribution in [0.15, 0.2) is 0 Å². The molecule has 0 fully saturated rings. The summed E-state index contributed by atoms with van der Waals surface area (Å²) in [6, 6.07) is 0. The van der Waals surface area contributed by atoms with Crippen LogP contribution in [0.4, 0.5) is 0 Å². The molecular weight excluding hydrogens is 829 g/mol. The first-order valence-electron chi connectivity index (χ1n) is 30.5. The van der Waals surface area contributed by atoms with Crippen molar-refractivity contribution in [1.29, 1.82) is 0 Å². The first-order valence-corrected chi connectivity index (χ1v) is 30.5. The first kappa shape index (κ1) is 65.4. The molecule has 1 atom stereocenters. The highest BCUT2D eigenvalue weighted by atomic mass is 16.6. The van der Waals surface area contributed by atoms with Gasteiger partial charge in [-0.05, 0) is 19.3 Å². The fourth-order valence-corrected chi connectivity index (χ4v) is 9.51. The van der Waals surface area contributed by atoms with E-state index in [2.05, 4.69) is 20.8 Å². The third-order valence-electron chi connectivity index (χ3n) is 14.1. The zero-order chi connectivity index (χ0) is 48.6. The average molecular weight is 948 g/mol. The number of hydrogen-bond acceptors (Lipinski definition) is 6. The fraction of sp³-hybridized carbons (Fsp3) is 0.951. The van der Waals surface area contributed by atoms with Crippen molar-refractivity contribution in [2.75, 3.05) is 13.2 Å². The van der Waals surface area contributed by atoms with Gasteiger partial charge in [-0.2, -0.15) is 0 Å². The molecule has 0 aromatic rings. The van der Waals surface area contributed by atoms with Gasteiger partial charge in [0.25, 0.3) is 0 Å². The van der Waals surface area contributed by atoms with Crippen LogP contribution in [0.2, 0.25) is 0 Å². The summed E-state index contributed by atoms with van der Waals surface area (Å²) in [4.78, 5) is 37.8. The maximum Gasteiger partial charge on any atom is 0.306 e. The number of carbonyl (C=O) groups is 3. The Morgan fingerprint density at radius 2 is 0.403 bits per heavy atom. The molecule has 6 nitrogen and oxygen atoms in total. The second-order valence-electron chi connectivity index (χ2n) is 21.0. The Kier molecular flexibility index (Phi) is 55.6. The molecule has 0 amide bonds. The monoisotopic (exact) mass is 947 g/mol. The van der Waals surface area contributed by atoms with Crippen molar-refractivity contribution in [2.24, 2.45) is 0 Å². The second kappa shape index (κ2) is 57.0. The van der Waals surface area contributed by atoms with E-state index in [1.165, 1.54) is 257 Å². The molecule has 6 heteroatoms. The van der Waals surface area contributed by atoms with Gasteiger partial charge in [-0.1, -0.05) is 316 Å². The van der Waals surface area contributed by atoms with E-state index in [-0.39, 0.29) is 31.1 Å². The summed E-state index contributed by atoms with van der Waals surface area (Å²) in [6.07, 6.45) is 64.4. The normalized spacial score (nSPS) is 11.9. The Hall–Kier alpha value is -1.59. The molecule has 0 rings (SSSR count). The highest BCUT2D eigenvalue weighted by molar-refractivity contribution is 5.71. The van der Waals surface area contributed by atoms with Crippen LogP contribution < -0.4 is 0 Å². The molecule has 1 unspecified atom stereocenters. The van der Waals surface area contributed by atoms with Crippen LogP contribution in [-0.4, -0.2) is 37.2 Å². The Morgan fingerprint density at radius 1 is 0.239 bits per heavy atom. The Bertz CT molecular complexity index is 998. The lowest BCUT2D eigenvalue weighted by atomic mass is 10.0. The number of ether oxygens (including phenoxy) is 3. The molecule has 0 aliphatic carbocycles. The maximum absolute atomic E-state index is 12.8. The van der Waals surface area contributed by atoms with E-state index >= 15 is 0 Å². The van der Waals surface area contributed by atoms with Crippen LogP contribution in [-0.2, 0) is 28.6 Å². The van der Waals surface area contributed by atoms with Crippen LogP contribution >= 0.6 is 0 Å². The zero-order valence-electron chi connectivity index (χ0n) is 45.7. The Labute approximate surface area is 418 Å². The van der Waals surface area contributed by atoms with E-state index in [9.17, 15) is 14.4 Å². The molecule has 0 aliphatic heterocycles. The van der Waals surface area contributed by atoms with Crippen molar-refractivity contribution in [3.05, 3.63) is 0 Å². The van der Waals surface area contributed by atoms with Crippen molar-refractivity contribution < 1.29 is 28.6 Å². The number of carbonyl (C=O) groups excluding carboxylic acids is 3. The van der Waals surface area contributed by atoms with E-state index in [4.69, 9.17) is 14.2 Å². The van der Waals surface area contributed by atoms with Gasteiger partial charge in [0.15, 0.2) is 6.10 Å². The van der Waals surface area contributed by atoms with Crippen LogP contribution in [0.25, 0.3) is 0 Å². The minimum Gasteiger partial charge on any atom is -0.462 e. The van der Waals surface area contributed by atoms with Crippen molar-refractivity contribution in [3.8, 4) is 0 Å². The fourth-order valence-electron chi connectivity index (χ4n) is 9.51. The molecule has 0 spiro atoms. The highest BCUT2D eigenvalue weighted by Gasteiger charge is 2.19. The summed E-state index contributed by atoms with van der Waals surface area (Å²) < 4.78 is 16.8. The van der Waals surface area contributed by atoms with Crippen molar-refractivity contribution >= 4 is 17.9 Å². The SMILES string of the molecule is CCCCCCCCCCCCCCCCCCCCCCCCCCCCCCCC(=O)OCC(COC(=O)CCCCCCCC)OC(=O)CCCCCCCCCCCCCCCC. The molecule has 0 saturated heterocycles. The van der Waals surface area contributed by atoms with E-state index in [1.54, 1.807) is 0 Å². The molecule has 0 saturated carbocycles. The first-order chi connectivity index (χ1) is 33.0. The van der Waals surface area contributed by atoms with Crippen LogP contribution in [0.1, 0.15) is 355 Å². The quantitative estimate of drug-likeness (QED) is 0.0343. The van der Waals surface area contributed by atoms with E-state index in [0.717, 1.165) is 57.8 Å². The molecule has 0 aromatic carbocycles. The van der Waals surface area contributed by atoms with Crippen molar-refractivity contribution in [1.82, 2.24) is 0 Å². The van der Waals surface area contributed by atoms with Crippen LogP contribution in [0.5, 0.6) is 0 Å². The van der Waals surface area contributed by atoms with Gasteiger partial charge in [-0.3, -0.25) is 14.4 Å². The molecule has 0 heterocycles. The van der Waals surface area contributed by atoms with Gasteiger partial charge in [-0.15, -0.1) is 0 Å². The maximum atomic E-state index is 12.8. The van der Waals surface area contributed by atoms with Gasteiger partial charge in [0.1, 0.15) is 13.2 Å². The minimum absolute atomic E-state index is 0.0623. The van der Waals surface area contributed by atoms with Crippen molar-refractivity contribution in [2.45, 2.75) is 361 Å². The third-order valence-corrected chi connectivity index (χ3v) is 14.1. The Balaban J connectivity index is 3.92. The lowest BCUT2D eigenvalue weighted by Gasteiger charge is -2.18. The van der Waals surface area contributed by atoms with E-state index in [0.29, 0.717) is 19.3 Å². The zero-order valence-corrected chi connectivity index (χ0v) is 45.7. The summed E-state index contributed by atoms with van der Waals surface area (Å²) in [6.45, 7) is 6.64. The molecule has 0 aromatic heterocycles. The highest BCUT2D eigenvalue weighted by Crippen LogP contribution is 2.18. The lowest BCUT2D eigenvalue weighted by Crippen LogP contribution is -2.30. The number of rotatable bonds is 57. The molecule has 0 bridgehead atoms. The summed E-state index contributed by atoms with van der Waals surface area (Å²) in [7, 11) is 0. The number of esters is 3. The van der Waals surface area contributed by atoms with Gasteiger partial charge in [0.05, 0.1) is 0 Å². The number of unbranched alkanes of at least 4 members (excludes halogenated alkanes) is 46. The lowest BCUT2D eigenvalue weighted by molar-refractivity contribution is -0.167. The van der Waals surface area contributed by atoms with Gasteiger partial charge in [0, 0.05) is 19.3 Å². The molecular formula is C61H118O6. The summed E-state index contributed by atoms with van der Waals surface area (Å²) in [5.41, 5.74) is 0. The molecule has 67 heavy (non-hydrogen) atoms. The van der Waals surface area contributed by atoms with Crippen LogP contribution in [0.3, 0.4) is 0 Å². The van der Waals surface area contributed by atoms with Gasteiger partial charge in [-0.25, -0.2) is 0 Å². The molecule has 0 radical (unpaired) electrons. The summed E-state index contributed by atoms with van der Waals surface area (Å²) in [5.74, 6) is -0.847. The van der Waals surface area contributed by atoms with E-state index < -0.39 is 6.10 Å². The van der Waals surface area contributed by atoms with Crippen LogP contribution in [0, 0.1) is 0 Å². The number of hydrogen-bond donors (Lipinski definition) is 0. The minimum atomic E-state index is -0.759. The molecule has 0 N–H and O–H groups in total. The third kappa shape index (κ3) is 55.2. The van der Waals surface area contributed by atoms with Gasteiger partial charge in [0.2, 0.25) is 0 Å². The van der Waals surface area contributed by atoms with E-state index in [1.807, 2.05) is 0 Å². The predicted octanol–water partition coefficient (Wildman–Crippen LogP) is 20.3. The van der Waals surface area contributed by atoms with Gasteiger partial charge < -0.3 is 14.2 Å². The smallest absolute Gasteiger partial charge is 0.306 e. The van der Waals surface area contributed by atoms with Gasteiger partial charge >= 0.3 is 17.9 Å².